The number of anilines is 1. The van der Waals surface area contributed by atoms with Gasteiger partial charge >= 0.3 is 12.1 Å². The lowest BCUT2D eigenvalue weighted by atomic mass is 9.99. The molecule has 0 aliphatic carbocycles. The summed E-state index contributed by atoms with van der Waals surface area (Å²) in [6.07, 6.45) is -4.49. The number of benzene rings is 4. The number of carboxylic acid groups (broad SMARTS) is 1. The average molecular weight is 639 g/mol. The molecule has 1 atom stereocenters. The molecule has 0 spiro atoms. The van der Waals surface area contributed by atoms with Crippen LogP contribution in [0.15, 0.2) is 95.9 Å². The number of rotatable bonds is 10. The fraction of sp³-hybridized carbons (Fsp3) is 0.212. The van der Waals surface area contributed by atoms with E-state index >= 15 is 0 Å². The van der Waals surface area contributed by atoms with Gasteiger partial charge in [0.25, 0.3) is 10.0 Å². The lowest BCUT2D eigenvalue weighted by Gasteiger charge is -2.26. The Morgan fingerprint density at radius 3 is 2.40 bits per heavy atom. The minimum Gasteiger partial charge on any atom is -0.492 e. The van der Waals surface area contributed by atoms with E-state index in [0.717, 1.165) is 16.4 Å². The number of carbonyl (C=O) groups excluding carboxylic acids is 1. The van der Waals surface area contributed by atoms with E-state index in [-0.39, 0.29) is 30.9 Å². The number of hydrogen-bond donors (Lipinski definition) is 2. The summed E-state index contributed by atoms with van der Waals surface area (Å²) in [5.74, 6) is -0.980. The van der Waals surface area contributed by atoms with Gasteiger partial charge in [-0.3, -0.25) is 13.9 Å². The molecule has 5 rings (SSSR count). The number of nitrogens with one attached hydrogen (secondary N) is 1. The number of alkyl halides is 3. The van der Waals surface area contributed by atoms with Crippen LogP contribution in [-0.2, 0) is 38.6 Å². The maximum atomic E-state index is 14.0. The van der Waals surface area contributed by atoms with Gasteiger partial charge in [0.15, 0.2) is 0 Å². The zero-order valence-corrected chi connectivity index (χ0v) is 24.9. The highest BCUT2D eigenvalue weighted by molar-refractivity contribution is 7.93. The van der Waals surface area contributed by atoms with Crippen molar-refractivity contribution in [2.24, 2.45) is 0 Å². The van der Waals surface area contributed by atoms with Gasteiger partial charge in [-0.25, -0.2) is 8.42 Å². The molecule has 0 fully saturated rings. The maximum Gasteiger partial charge on any atom is 0.416 e. The van der Waals surface area contributed by atoms with Crippen molar-refractivity contribution in [3.63, 3.8) is 0 Å². The van der Waals surface area contributed by atoms with Crippen molar-refractivity contribution in [2.45, 2.75) is 36.9 Å². The number of para-hydroxylation sites is 1. The molecule has 1 aliphatic rings. The molecule has 234 valence electrons. The van der Waals surface area contributed by atoms with Gasteiger partial charge in [0.1, 0.15) is 18.4 Å². The van der Waals surface area contributed by atoms with E-state index in [4.69, 9.17) is 9.84 Å². The monoisotopic (exact) mass is 638 g/mol. The van der Waals surface area contributed by atoms with Gasteiger partial charge in [-0.2, -0.15) is 13.2 Å². The number of aliphatic carboxylic acids is 1. The van der Waals surface area contributed by atoms with Gasteiger partial charge in [-0.15, -0.1) is 0 Å². The fourth-order valence-electron chi connectivity index (χ4n) is 5.29. The molecule has 2 N–H and O–H groups in total. The van der Waals surface area contributed by atoms with Crippen molar-refractivity contribution in [1.82, 2.24) is 5.32 Å². The van der Waals surface area contributed by atoms with Crippen LogP contribution in [0.2, 0.25) is 0 Å². The Bertz CT molecular complexity index is 1840. The Kier molecular flexibility index (Phi) is 8.87. The van der Waals surface area contributed by atoms with Gasteiger partial charge in [0.2, 0.25) is 5.91 Å². The first kappa shape index (κ1) is 31.6. The van der Waals surface area contributed by atoms with Crippen molar-refractivity contribution in [2.75, 3.05) is 17.5 Å². The van der Waals surface area contributed by atoms with Gasteiger partial charge < -0.3 is 15.2 Å². The smallest absolute Gasteiger partial charge is 0.416 e. The average Bonchev–Trinajstić information content (AvgIpc) is 3.40. The van der Waals surface area contributed by atoms with Gasteiger partial charge in [-0.1, -0.05) is 48.5 Å². The van der Waals surface area contributed by atoms with E-state index in [2.05, 4.69) is 5.32 Å². The van der Waals surface area contributed by atoms with Crippen LogP contribution in [0.25, 0.3) is 11.1 Å². The van der Waals surface area contributed by atoms with Crippen LogP contribution >= 0.6 is 0 Å². The number of hydrogen-bond acceptors (Lipinski definition) is 5. The third-order valence-electron chi connectivity index (χ3n) is 7.43. The quantitative estimate of drug-likeness (QED) is 0.218. The normalized spacial score (nSPS) is 14.6. The molecule has 1 amide bonds. The summed E-state index contributed by atoms with van der Waals surface area (Å²) in [5, 5.41) is 11.6. The molecule has 0 bridgehead atoms. The minimum absolute atomic E-state index is 0.0846. The van der Waals surface area contributed by atoms with Gasteiger partial charge in [0.05, 0.1) is 29.1 Å². The Hall–Kier alpha value is -4.84. The molecule has 12 heteroatoms. The molecule has 0 saturated carbocycles. The summed E-state index contributed by atoms with van der Waals surface area (Å²) < 4.78 is 74.7. The van der Waals surface area contributed by atoms with Gasteiger partial charge in [-0.05, 0) is 77.2 Å². The summed E-state index contributed by atoms with van der Waals surface area (Å²) in [6.45, 7) is 1.80. The number of amides is 1. The molecule has 4 aromatic carbocycles. The SMILES string of the molecule is Cc1cc(S(=O)(=O)N2c3ccccc3C[C@H]2C(=O)NCCOc2ccc(CC(=O)O)cc2)ccc1-c1cccc(C(F)(F)F)c1. The van der Waals surface area contributed by atoms with E-state index in [1.807, 2.05) is 0 Å². The molecule has 0 radical (unpaired) electrons. The highest BCUT2D eigenvalue weighted by Crippen LogP contribution is 2.38. The zero-order valence-electron chi connectivity index (χ0n) is 24.0. The predicted molar refractivity (Wildman–Crippen MR) is 162 cm³/mol. The Morgan fingerprint density at radius 2 is 1.71 bits per heavy atom. The second-order valence-electron chi connectivity index (χ2n) is 10.6. The number of halogens is 3. The van der Waals surface area contributed by atoms with Crippen LogP contribution in [0, 0.1) is 6.92 Å². The first-order valence-electron chi connectivity index (χ1n) is 14.0. The van der Waals surface area contributed by atoms with Gasteiger partial charge in [0, 0.05) is 6.42 Å². The van der Waals surface area contributed by atoms with Crippen LogP contribution in [0.4, 0.5) is 18.9 Å². The maximum absolute atomic E-state index is 14.0. The first-order valence-corrected chi connectivity index (χ1v) is 15.4. The molecular weight excluding hydrogens is 609 g/mol. The number of nitrogens with zero attached hydrogens (tertiary/aromatic N) is 1. The Balaban J connectivity index is 1.33. The molecule has 0 unspecified atom stereocenters. The molecule has 45 heavy (non-hydrogen) atoms. The number of fused-ring (bicyclic) bond motifs is 1. The molecule has 0 saturated heterocycles. The van der Waals surface area contributed by atoms with E-state index < -0.39 is 39.7 Å². The van der Waals surface area contributed by atoms with Crippen LogP contribution in [-0.4, -0.2) is 44.6 Å². The fourth-order valence-corrected chi connectivity index (χ4v) is 7.03. The van der Waals surface area contributed by atoms with Crippen LogP contribution in [0.1, 0.15) is 22.3 Å². The summed E-state index contributed by atoms with van der Waals surface area (Å²) >= 11 is 0. The lowest BCUT2D eigenvalue weighted by Crippen LogP contribution is -2.48. The first-order chi connectivity index (χ1) is 21.3. The number of sulfonamides is 1. The number of aryl methyl sites for hydroxylation is 1. The molecule has 1 heterocycles. The Morgan fingerprint density at radius 1 is 0.978 bits per heavy atom. The summed E-state index contributed by atoms with van der Waals surface area (Å²) in [7, 11) is -4.27. The van der Waals surface area contributed by atoms with Crippen LogP contribution < -0.4 is 14.4 Å². The summed E-state index contributed by atoms with van der Waals surface area (Å²) in [4.78, 5) is 24.1. The largest absolute Gasteiger partial charge is 0.492 e. The summed E-state index contributed by atoms with van der Waals surface area (Å²) in [5.41, 5.74) is 2.06. The van der Waals surface area contributed by atoms with E-state index in [1.54, 1.807) is 55.5 Å². The molecular formula is C33H29F3N2O6S. The van der Waals surface area contributed by atoms with E-state index in [0.29, 0.717) is 39.3 Å². The summed E-state index contributed by atoms with van der Waals surface area (Å²) in [6, 6.07) is 21.3. The minimum atomic E-state index is -4.52. The second kappa shape index (κ2) is 12.6. The highest BCUT2D eigenvalue weighted by atomic mass is 32.2. The predicted octanol–water partition coefficient (Wildman–Crippen LogP) is 5.62. The molecule has 1 aliphatic heterocycles. The third-order valence-corrected chi connectivity index (χ3v) is 9.25. The zero-order chi connectivity index (χ0) is 32.4. The Labute approximate surface area is 258 Å². The standard InChI is InChI=1S/C33H29F3N2O6S/c1-21-17-27(13-14-28(21)23-6-4-7-25(19-23)33(34,35)36)45(42,43)38-29-8-3-2-5-24(29)20-30(38)32(41)37-15-16-44-26-11-9-22(10-12-26)18-31(39)40/h2-14,17,19,30H,15-16,18,20H2,1H3,(H,37,41)(H,39,40)/t30-/m0/s1. The van der Waals surface area contributed by atoms with Crippen LogP contribution in [0.5, 0.6) is 5.75 Å². The highest BCUT2D eigenvalue weighted by Gasteiger charge is 2.42. The van der Waals surface area contributed by atoms with Crippen molar-refractivity contribution in [1.29, 1.82) is 0 Å². The van der Waals surface area contributed by atoms with Crippen molar-refractivity contribution in [3.05, 3.63) is 113 Å². The number of carbonyl (C=O) groups is 2. The third kappa shape index (κ3) is 6.96. The van der Waals surface area contributed by atoms with E-state index in [1.165, 1.54) is 30.3 Å². The molecule has 4 aromatic rings. The molecule has 0 aromatic heterocycles. The number of carboxylic acids is 1. The molecule has 8 nitrogen and oxygen atoms in total. The topological polar surface area (TPSA) is 113 Å². The van der Waals surface area contributed by atoms with Crippen molar-refractivity contribution >= 4 is 27.6 Å². The van der Waals surface area contributed by atoms with Crippen molar-refractivity contribution in [3.8, 4) is 16.9 Å². The lowest BCUT2D eigenvalue weighted by molar-refractivity contribution is -0.138. The van der Waals surface area contributed by atoms with E-state index in [9.17, 15) is 31.2 Å². The van der Waals surface area contributed by atoms with Crippen molar-refractivity contribution < 1.29 is 41.0 Å². The second-order valence-corrected chi connectivity index (χ2v) is 12.4. The van der Waals surface area contributed by atoms with Crippen LogP contribution in [0.3, 0.4) is 0 Å². The number of ether oxygens (including phenoxy) is 1.